The maximum atomic E-state index is 4.27. The molecule has 0 unspecified atom stereocenters. The standard InChI is InChI=1S/C11H21N3/c1-8-12-13-9(10(2,3)4)14(8)11(5,6)7/h1-7H3. The lowest BCUT2D eigenvalue weighted by Crippen LogP contribution is -2.30. The van der Waals surface area contributed by atoms with Crippen LogP contribution in [0.25, 0.3) is 0 Å². The van der Waals surface area contributed by atoms with Crippen LogP contribution in [0.5, 0.6) is 0 Å². The van der Waals surface area contributed by atoms with Gasteiger partial charge in [-0.15, -0.1) is 10.2 Å². The lowest BCUT2D eigenvalue weighted by Gasteiger charge is -2.28. The summed E-state index contributed by atoms with van der Waals surface area (Å²) < 4.78 is 2.22. The van der Waals surface area contributed by atoms with Crippen molar-refractivity contribution in [3.63, 3.8) is 0 Å². The first-order valence-corrected chi connectivity index (χ1v) is 5.07. The summed E-state index contributed by atoms with van der Waals surface area (Å²) >= 11 is 0. The lowest BCUT2D eigenvalue weighted by molar-refractivity contribution is 0.347. The summed E-state index contributed by atoms with van der Waals surface area (Å²) in [4.78, 5) is 0. The van der Waals surface area contributed by atoms with E-state index in [0.29, 0.717) is 0 Å². The van der Waals surface area contributed by atoms with Gasteiger partial charge < -0.3 is 4.57 Å². The van der Waals surface area contributed by atoms with Gasteiger partial charge in [-0.25, -0.2) is 0 Å². The van der Waals surface area contributed by atoms with Gasteiger partial charge in [0, 0.05) is 11.0 Å². The number of hydrogen-bond donors (Lipinski definition) is 0. The zero-order valence-electron chi connectivity index (χ0n) is 10.3. The summed E-state index contributed by atoms with van der Waals surface area (Å²) in [5, 5.41) is 8.43. The summed E-state index contributed by atoms with van der Waals surface area (Å²) in [5.41, 5.74) is 0.102. The molecule has 1 aromatic heterocycles. The minimum Gasteiger partial charge on any atom is -0.309 e. The van der Waals surface area contributed by atoms with E-state index in [-0.39, 0.29) is 11.0 Å². The summed E-state index contributed by atoms with van der Waals surface area (Å²) in [6.07, 6.45) is 0. The maximum absolute atomic E-state index is 4.27. The number of hydrogen-bond acceptors (Lipinski definition) is 2. The van der Waals surface area contributed by atoms with Crippen LogP contribution in [0.4, 0.5) is 0 Å². The third kappa shape index (κ3) is 1.97. The molecule has 0 aliphatic heterocycles. The van der Waals surface area contributed by atoms with Gasteiger partial charge in [-0.2, -0.15) is 0 Å². The van der Waals surface area contributed by atoms with Crippen LogP contribution < -0.4 is 0 Å². The topological polar surface area (TPSA) is 30.7 Å². The molecule has 0 bridgehead atoms. The van der Waals surface area contributed by atoms with Crippen molar-refractivity contribution in [1.29, 1.82) is 0 Å². The monoisotopic (exact) mass is 195 g/mol. The number of aryl methyl sites for hydroxylation is 1. The van der Waals surface area contributed by atoms with Gasteiger partial charge >= 0.3 is 0 Å². The first-order valence-electron chi connectivity index (χ1n) is 5.07. The van der Waals surface area contributed by atoms with E-state index in [2.05, 4.69) is 56.3 Å². The number of nitrogens with zero attached hydrogens (tertiary/aromatic N) is 3. The Hall–Kier alpha value is -0.860. The van der Waals surface area contributed by atoms with Crippen LogP contribution >= 0.6 is 0 Å². The molecule has 0 fully saturated rings. The SMILES string of the molecule is Cc1nnc(C(C)(C)C)n1C(C)(C)C. The average Bonchev–Trinajstić information content (AvgIpc) is 2.27. The van der Waals surface area contributed by atoms with Crippen molar-refractivity contribution >= 4 is 0 Å². The Labute approximate surface area is 86.5 Å². The fourth-order valence-corrected chi connectivity index (χ4v) is 1.65. The van der Waals surface area contributed by atoms with E-state index in [9.17, 15) is 0 Å². The van der Waals surface area contributed by atoms with Crippen LogP contribution in [-0.4, -0.2) is 14.8 Å². The molecule has 0 saturated heterocycles. The molecular formula is C11H21N3. The molecule has 1 aromatic rings. The van der Waals surface area contributed by atoms with Crippen molar-refractivity contribution in [3.05, 3.63) is 11.6 Å². The van der Waals surface area contributed by atoms with Crippen LogP contribution in [0.15, 0.2) is 0 Å². The molecule has 0 spiro atoms. The van der Waals surface area contributed by atoms with Crippen LogP contribution in [-0.2, 0) is 11.0 Å². The Morgan fingerprint density at radius 3 is 1.71 bits per heavy atom. The highest BCUT2D eigenvalue weighted by Crippen LogP contribution is 2.26. The normalized spacial score (nSPS) is 13.4. The van der Waals surface area contributed by atoms with Crippen molar-refractivity contribution in [1.82, 2.24) is 14.8 Å². The number of rotatable bonds is 0. The van der Waals surface area contributed by atoms with Gasteiger partial charge in [0.25, 0.3) is 0 Å². The molecule has 3 heteroatoms. The molecule has 0 aromatic carbocycles. The van der Waals surface area contributed by atoms with Crippen molar-refractivity contribution in [3.8, 4) is 0 Å². The molecule has 0 aliphatic rings. The fourth-order valence-electron chi connectivity index (χ4n) is 1.65. The van der Waals surface area contributed by atoms with E-state index < -0.39 is 0 Å². The Morgan fingerprint density at radius 1 is 0.929 bits per heavy atom. The quantitative estimate of drug-likeness (QED) is 0.637. The van der Waals surface area contributed by atoms with Crippen LogP contribution in [0, 0.1) is 6.92 Å². The van der Waals surface area contributed by atoms with Gasteiger partial charge in [0.05, 0.1) is 0 Å². The van der Waals surface area contributed by atoms with E-state index in [1.165, 1.54) is 0 Å². The van der Waals surface area contributed by atoms with Crippen LogP contribution in [0.1, 0.15) is 53.2 Å². The fraction of sp³-hybridized carbons (Fsp3) is 0.818. The second-order valence-electron chi connectivity index (χ2n) is 5.83. The molecule has 3 nitrogen and oxygen atoms in total. The second-order valence-corrected chi connectivity index (χ2v) is 5.83. The average molecular weight is 195 g/mol. The van der Waals surface area contributed by atoms with Gasteiger partial charge in [-0.1, -0.05) is 20.8 Å². The predicted molar refractivity (Wildman–Crippen MR) is 58.5 cm³/mol. The highest BCUT2D eigenvalue weighted by atomic mass is 15.3. The Bertz CT molecular complexity index is 323. The minimum atomic E-state index is 0.0501. The highest BCUT2D eigenvalue weighted by Gasteiger charge is 2.28. The third-order valence-corrected chi connectivity index (χ3v) is 2.17. The van der Waals surface area contributed by atoms with Crippen LogP contribution in [0.3, 0.4) is 0 Å². The third-order valence-electron chi connectivity index (χ3n) is 2.17. The van der Waals surface area contributed by atoms with E-state index >= 15 is 0 Å². The summed E-state index contributed by atoms with van der Waals surface area (Å²) in [7, 11) is 0. The molecule has 14 heavy (non-hydrogen) atoms. The van der Waals surface area contributed by atoms with Gasteiger partial charge in [-0.05, 0) is 27.7 Å². The molecular weight excluding hydrogens is 174 g/mol. The maximum Gasteiger partial charge on any atom is 0.138 e. The Morgan fingerprint density at radius 2 is 1.43 bits per heavy atom. The zero-order chi connectivity index (χ0) is 11.1. The molecule has 0 amide bonds. The minimum absolute atomic E-state index is 0.0501. The highest BCUT2D eigenvalue weighted by molar-refractivity contribution is 5.08. The Balaban J connectivity index is 3.35. The van der Waals surface area contributed by atoms with Crippen molar-refractivity contribution in [2.24, 2.45) is 0 Å². The zero-order valence-corrected chi connectivity index (χ0v) is 10.3. The molecule has 1 heterocycles. The molecule has 80 valence electrons. The molecule has 1 rings (SSSR count). The van der Waals surface area contributed by atoms with E-state index in [4.69, 9.17) is 0 Å². The molecule has 0 aliphatic carbocycles. The second kappa shape index (κ2) is 3.07. The van der Waals surface area contributed by atoms with Crippen molar-refractivity contribution in [2.45, 2.75) is 59.4 Å². The summed E-state index contributed by atoms with van der Waals surface area (Å²) in [6.45, 7) is 15.0. The Kier molecular flexibility index (Phi) is 2.46. The van der Waals surface area contributed by atoms with E-state index in [1.807, 2.05) is 6.92 Å². The molecule has 0 N–H and O–H groups in total. The predicted octanol–water partition coefficient (Wildman–Crippen LogP) is 2.64. The van der Waals surface area contributed by atoms with Gasteiger partial charge in [0.1, 0.15) is 11.6 Å². The molecule has 0 atom stereocenters. The van der Waals surface area contributed by atoms with E-state index in [1.54, 1.807) is 0 Å². The first-order chi connectivity index (χ1) is 6.14. The van der Waals surface area contributed by atoms with Crippen LogP contribution in [0.2, 0.25) is 0 Å². The van der Waals surface area contributed by atoms with E-state index in [0.717, 1.165) is 11.6 Å². The smallest absolute Gasteiger partial charge is 0.138 e. The van der Waals surface area contributed by atoms with Crippen molar-refractivity contribution in [2.75, 3.05) is 0 Å². The largest absolute Gasteiger partial charge is 0.309 e. The molecule has 0 radical (unpaired) electrons. The summed E-state index contributed by atoms with van der Waals surface area (Å²) in [6, 6.07) is 0. The number of aromatic nitrogens is 3. The molecule has 0 saturated carbocycles. The summed E-state index contributed by atoms with van der Waals surface area (Å²) in [5.74, 6) is 2.05. The van der Waals surface area contributed by atoms with Gasteiger partial charge in [0.2, 0.25) is 0 Å². The lowest BCUT2D eigenvalue weighted by atomic mass is 9.94. The first kappa shape index (κ1) is 11.2. The van der Waals surface area contributed by atoms with Gasteiger partial charge in [0.15, 0.2) is 0 Å². The van der Waals surface area contributed by atoms with Gasteiger partial charge in [-0.3, -0.25) is 0 Å². The van der Waals surface area contributed by atoms with Crippen molar-refractivity contribution < 1.29 is 0 Å².